The van der Waals surface area contributed by atoms with Crippen LogP contribution in [0.1, 0.15) is 53.9 Å². The summed E-state index contributed by atoms with van der Waals surface area (Å²) < 4.78 is 6.09. The van der Waals surface area contributed by atoms with E-state index in [4.69, 9.17) is 10.5 Å². The smallest absolute Gasteiger partial charge is 0.122 e. The largest absolute Gasteiger partial charge is 0.493 e. The van der Waals surface area contributed by atoms with Crippen molar-refractivity contribution in [2.45, 2.75) is 56.9 Å². The number of benzene rings is 2. The summed E-state index contributed by atoms with van der Waals surface area (Å²) in [6.45, 7) is 2.99. The van der Waals surface area contributed by atoms with Crippen LogP contribution in [0.5, 0.6) is 5.75 Å². The molecule has 0 heterocycles. The second kappa shape index (κ2) is 7.65. The van der Waals surface area contributed by atoms with Crippen molar-refractivity contribution in [3.63, 3.8) is 0 Å². The number of fused-ring (bicyclic) bond motifs is 1. The molecule has 0 bridgehead atoms. The van der Waals surface area contributed by atoms with Crippen LogP contribution in [0.25, 0.3) is 0 Å². The fourth-order valence-electron chi connectivity index (χ4n) is 4.76. The van der Waals surface area contributed by atoms with Crippen LogP contribution in [0.3, 0.4) is 0 Å². The summed E-state index contributed by atoms with van der Waals surface area (Å²) >= 11 is 0. The van der Waals surface area contributed by atoms with E-state index in [9.17, 15) is 5.11 Å². The van der Waals surface area contributed by atoms with Gasteiger partial charge in [0, 0.05) is 5.54 Å². The summed E-state index contributed by atoms with van der Waals surface area (Å²) in [5.74, 6) is 2.09. The van der Waals surface area contributed by atoms with E-state index in [0.717, 1.165) is 44.5 Å². The first-order valence-corrected chi connectivity index (χ1v) is 10.3. The molecule has 0 saturated heterocycles. The number of rotatable bonds is 5. The van der Waals surface area contributed by atoms with Crippen LogP contribution in [0.15, 0.2) is 42.5 Å². The average Bonchev–Trinajstić information content (AvgIpc) is 3.10. The maximum absolute atomic E-state index is 9.52. The maximum Gasteiger partial charge on any atom is 0.122 e. The minimum atomic E-state index is -0.376. The number of aliphatic hydroxyl groups is 1. The van der Waals surface area contributed by atoms with Gasteiger partial charge >= 0.3 is 0 Å². The summed E-state index contributed by atoms with van der Waals surface area (Å²) in [4.78, 5) is 0. The lowest BCUT2D eigenvalue weighted by molar-refractivity contribution is 0.198. The molecule has 0 aliphatic heterocycles. The molecule has 1 unspecified atom stereocenters. The van der Waals surface area contributed by atoms with Crippen molar-refractivity contribution in [2.24, 2.45) is 11.7 Å². The lowest BCUT2D eigenvalue weighted by atomic mass is 9.82. The Hall–Kier alpha value is -1.84. The fraction of sp³-hybridized carbons (Fsp3) is 0.500. The maximum atomic E-state index is 9.52. The number of hydrogen-bond acceptors (Lipinski definition) is 3. The third-order valence-electron chi connectivity index (χ3n) is 6.56. The summed E-state index contributed by atoms with van der Waals surface area (Å²) in [7, 11) is 0. The summed E-state index contributed by atoms with van der Waals surface area (Å²) in [5, 5.41) is 9.52. The van der Waals surface area contributed by atoms with E-state index >= 15 is 0 Å². The fourth-order valence-corrected chi connectivity index (χ4v) is 4.76. The second-order valence-electron chi connectivity index (χ2n) is 8.67. The van der Waals surface area contributed by atoms with Gasteiger partial charge in [0.25, 0.3) is 0 Å². The first-order chi connectivity index (χ1) is 13.1. The van der Waals surface area contributed by atoms with E-state index in [0.29, 0.717) is 11.8 Å². The Balaban J connectivity index is 1.39. The van der Waals surface area contributed by atoms with Crippen molar-refractivity contribution in [2.75, 3.05) is 13.2 Å². The van der Waals surface area contributed by atoms with Crippen LogP contribution in [-0.2, 0) is 12.8 Å². The Bertz CT molecular complexity index is 803. The van der Waals surface area contributed by atoms with E-state index in [1.807, 2.05) is 6.07 Å². The molecular formula is C24H31NO2. The zero-order chi connectivity index (χ0) is 18.9. The van der Waals surface area contributed by atoms with Crippen molar-refractivity contribution >= 4 is 0 Å². The molecule has 0 spiro atoms. The Morgan fingerprint density at radius 2 is 2.00 bits per heavy atom. The molecule has 1 saturated carbocycles. The zero-order valence-corrected chi connectivity index (χ0v) is 16.3. The molecule has 144 valence electrons. The molecule has 3 N–H and O–H groups in total. The minimum Gasteiger partial charge on any atom is -0.493 e. The third kappa shape index (κ3) is 4.04. The zero-order valence-electron chi connectivity index (χ0n) is 16.3. The first-order valence-electron chi connectivity index (χ1n) is 10.3. The molecule has 1 fully saturated rings. The highest BCUT2D eigenvalue weighted by atomic mass is 16.5. The summed E-state index contributed by atoms with van der Waals surface area (Å²) in [6.07, 6.45) is 6.32. The summed E-state index contributed by atoms with van der Waals surface area (Å²) in [5.41, 5.74) is 11.5. The molecule has 27 heavy (non-hydrogen) atoms. The predicted octanol–water partition coefficient (Wildman–Crippen LogP) is 4.14. The van der Waals surface area contributed by atoms with Crippen LogP contribution >= 0.6 is 0 Å². The van der Waals surface area contributed by atoms with Crippen LogP contribution in [0, 0.1) is 12.8 Å². The van der Waals surface area contributed by atoms with Gasteiger partial charge < -0.3 is 15.6 Å². The van der Waals surface area contributed by atoms with Crippen LogP contribution < -0.4 is 10.5 Å². The van der Waals surface area contributed by atoms with E-state index in [-0.39, 0.29) is 12.1 Å². The Labute approximate surface area is 162 Å². The molecular weight excluding hydrogens is 334 g/mol. The molecule has 2 aliphatic rings. The Kier molecular flexibility index (Phi) is 5.25. The monoisotopic (exact) mass is 365 g/mol. The second-order valence-corrected chi connectivity index (χ2v) is 8.67. The SMILES string of the molecule is Cc1ccccc1OCC1CCc2cc([C@H]3CC[C@](N)(CO)C3)ccc2C1. The van der Waals surface area contributed by atoms with Gasteiger partial charge in [0.1, 0.15) is 5.75 Å². The number of ether oxygens (including phenoxy) is 1. The standard InChI is InChI=1S/C24H31NO2/c1-17-4-2-3-5-23(17)27-15-18-6-7-20-13-21(9-8-19(20)12-18)22-10-11-24(25,14-22)16-26/h2-5,8-9,13,18,22,26H,6-7,10-12,14-16,25H2,1H3/t18?,22-,24+/m0/s1. The van der Waals surface area contributed by atoms with Crippen LogP contribution in [0.2, 0.25) is 0 Å². The summed E-state index contributed by atoms with van der Waals surface area (Å²) in [6, 6.07) is 15.3. The number of aryl methyl sites for hydroxylation is 2. The van der Waals surface area contributed by atoms with Gasteiger partial charge in [0.05, 0.1) is 13.2 Å². The van der Waals surface area contributed by atoms with E-state index in [2.05, 4.69) is 43.3 Å². The van der Waals surface area contributed by atoms with Gasteiger partial charge in [0.2, 0.25) is 0 Å². The third-order valence-corrected chi connectivity index (χ3v) is 6.56. The van der Waals surface area contributed by atoms with Gasteiger partial charge in [-0.15, -0.1) is 0 Å². The minimum absolute atomic E-state index is 0.0943. The van der Waals surface area contributed by atoms with E-state index in [1.165, 1.54) is 28.7 Å². The lowest BCUT2D eigenvalue weighted by Gasteiger charge is -2.26. The number of para-hydroxylation sites is 1. The molecule has 3 atom stereocenters. The Morgan fingerprint density at radius 1 is 1.15 bits per heavy atom. The van der Waals surface area contributed by atoms with Gasteiger partial charge in [0.15, 0.2) is 0 Å². The average molecular weight is 366 g/mol. The van der Waals surface area contributed by atoms with Gasteiger partial charge in [-0.1, -0.05) is 36.4 Å². The lowest BCUT2D eigenvalue weighted by Crippen LogP contribution is -2.40. The van der Waals surface area contributed by atoms with Crippen molar-refractivity contribution in [1.29, 1.82) is 0 Å². The number of nitrogens with two attached hydrogens (primary N) is 1. The van der Waals surface area contributed by atoms with Gasteiger partial charge in [-0.25, -0.2) is 0 Å². The molecule has 0 aromatic heterocycles. The Morgan fingerprint density at radius 3 is 2.78 bits per heavy atom. The molecule has 2 aromatic rings. The van der Waals surface area contributed by atoms with Crippen molar-refractivity contribution in [3.05, 3.63) is 64.7 Å². The molecule has 0 amide bonds. The van der Waals surface area contributed by atoms with Crippen molar-refractivity contribution < 1.29 is 9.84 Å². The van der Waals surface area contributed by atoms with E-state index < -0.39 is 0 Å². The van der Waals surface area contributed by atoms with Gasteiger partial charge in [-0.2, -0.15) is 0 Å². The quantitative estimate of drug-likeness (QED) is 0.837. The van der Waals surface area contributed by atoms with Crippen molar-refractivity contribution in [1.82, 2.24) is 0 Å². The van der Waals surface area contributed by atoms with E-state index in [1.54, 1.807) is 0 Å². The highest BCUT2D eigenvalue weighted by Gasteiger charge is 2.36. The molecule has 2 aliphatic carbocycles. The first kappa shape index (κ1) is 18.5. The normalized spacial score (nSPS) is 27.4. The highest BCUT2D eigenvalue weighted by molar-refractivity contribution is 5.37. The highest BCUT2D eigenvalue weighted by Crippen LogP contribution is 2.40. The molecule has 0 radical (unpaired) electrons. The molecule has 4 rings (SSSR count). The number of aliphatic hydroxyl groups excluding tert-OH is 1. The van der Waals surface area contributed by atoms with Gasteiger partial charge in [-0.05, 0) is 85.6 Å². The van der Waals surface area contributed by atoms with Crippen molar-refractivity contribution in [3.8, 4) is 5.75 Å². The van der Waals surface area contributed by atoms with Gasteiger partial charge in [-0.3, -0.25) is 0 Å². The van der Waals surface area contributed by atoms with Crippen LogP contribution in [0.4, 0.5) is 0 Å². The van der Waals surface area contributed by atoms with Crippen LogP contribution in [-0.4, -0.2) is 23.9 Å². The molecule has 3 nitrogen and oxygen atoms in total. The number of hydrogen-bond donors (Lipinski definition) is 2. The molecule has 3 heteroatoms. The predicted molar refractivity (Wildman–Crippen MR) is 109 cm³/mol. The molecule has 2 aromatic carbocycles. The topological polar surface area (TPSA) is 55.5 Å².